The van der Waals surface area contributed by atoms with E-state index in [2.05, 4.69) is 16.4 Å². The molecule has 0 spiro atoms. The molecule has 0 aliphatic heterocycles. The number of primary amides is 1. The molecule has 4 aromatic rings. The molecule has 4 rings (SSSR count). The summed E-state index contributed by atoms with van der Waals surface area (Å²) in [5.41, 5.74) is 7.72. The number of nitrogens with one attached hydrogen (secondary N) is 1. The van der Waals surface area contributed by atoms with Gasteiger partial charge in [0.1, 0.15) is 29.9 Å². The Kier molecular flexibility index (Phi) is 5.63. The maximum Gasteiger partial charge on any atom is 0.316 e. The van der Waals surface area contributed by atoms with Gasteiger partial charge < -0.3 is 20.5 Å². The van der Waals surface area contributed by atoms with Gasteiger partial charge >= 0.3 is 6.03 Å². The van der Waals surface area contributed by atoms with Crippen LogP contribution in [-0.2, 0) is 6.61 Å². The van der Waals surface area contributed by atoms with Crippen molar-refractivity contribution in [1.82, 2.24) is 4.98 Å². The lowest BCUT2D eigenvalue weighted by Gasteiger charge is -2.12. The van der Waals surface area contributed by atoms with E-state index in [1.165, 1.54) is 0 Å². The van der Waals surface area contributed by atoms with Crippen LogP contribution in [0, 0.1) is 11.3 Å². The number of benzene rings is 3. The van der Waals surface area contributed by atoms with E-state index in [-0.39, 0.29) is 0 Å². The highest BCUT2D eigenvalue weighted by Crippen LogP contribution is 2.33. The predicted molar refractivity (Wildman–Crippen MR) is 117 cm³/mol. The summed E-state index contributed by atoms with van der Waals surface area (Å²) in [6.07, 6.45) is 1.63. The normalized spacial score (nSPS) is 10.3. The number of aromatic nitrogens is 1. The number of nitrogens with zero attached hydrogens (tertiary/aromatic N) is 2. The van der Waals surface area contributed by atoms with Crippen molar-refractivity contribution >= 4 is 22.6 Å². The Bertz CT molecular complexity index is 1270. The second-order valence-corrected chi connectivity index (χ2v) is 6.68. The van der Waals surface area contributed by atoms with Crippen LogP contribution < -0.4 is 20.5 Å². The molecule has 152 valence electrons. The molecule has 0 unspecified atom stereocenters. The number of rotatable bonds is 6. The van der Waals surface area contributed by atoms with Crippen LogP contribution in [0.15, 0.2) is 79.0 Å². The van der Waals surface area contributed by atoms with Crippen LogP contribution in [0.3, 0.4) is 0 Å². The Morgan fingerprint density at radius 3 is 2.52 bits per heavy atom. The lowest BCUT2D eigenvalue weighted by Crippen LogP contribution is -2.19. The van der Waals surface area contributed by atoms with Crippen LogP contribution in [0.5, 0.6) is 17.2 Å². The van der Waals surface area contributed by atoms with Gasteiger partial charge in [-0.1, -0.05) is 30.3 Å². The number of hydrogen-bond acceptors (Lipinski definition) is 5. The van der Waals surface area contributed by atoms with Crippen molar-refractivity contribution in [3.05, 3.63) is 90.1 Å². The van der Waals surface area contributed by atoms with Gasteiger partial charge in [0, 0.05) is 23.3 Å². The Labute approximate surface area is 178 Å². The number of urea groups is 1. The first-order valence-electron chi connectivity index (χ1n) is 9.46. The maximum absolute atomic E-state index is 10.9. The molecule has 0 saturated carbocycles. The zero-order chi connectivity index (χ0) is 21.6. The fourth-order valence-corrected chi connectivity index (χ4v) is 3.05. The van der Waals surface area contributed by atoms with Gasteiger partial charge in [-0.15, -0.1) is 0 Å². The summed E-state index contributed by atoms with van der Waals surface area (Å²) in [6, 6.07) is 23.2. The number of nitrogens with two attached hydrogens (primary N) is 1. The van der Waals surface area contributed by atoms with Crippen LogP contribution >= 0.6 is 0 Å². The molecule has 0 aliphatic carbocycles. The third kappa shape index (κ3) is 4.71. The van der Waals surface area contributed by atoms with Crippen LogP contribution in [0.2, 0.25) is 0 Å². The van der Waals surface area contributed by atoms with Gasteiger partial charge in [0.05, 0.1) is 11.1 Å². The first-order chi connectivity index (χ1) is 15.1. The Balaban J connectivity index is 1.60. The minimum Gasteiger partial charge on any atom is -0.487 e. The lowest BCUT2D eigenvalue weighted by molar-refractivity contribution is 0.259. The van der Waals surface area contributed by atoms with Crippen molar-refractivity contribution in [1.29, 1.82) is 5.26 Å². The van der Waals surface area contributed by atoms with Crippen LogP contribution in [0.1, 0.15) is 11.1 Å². The number of nitriles is 1. The molecule has 0 atom stereocenters. The number of fused-ring (bicyclic) bond motifs is 1. The Morgan fingerprint density at radius 2 is 1.81 bits per heavy atom. The van der Waals surface area contributed by atoms with Crippen LogP contribution in [0.25, 0.3) is 10.9 Å². The van der Waals surface area contributed by atoms with Gasteiger partial charge in [-0.3, -0.25) is 4.98 Å². The SMILES string of the molecule is N#Cc1cc2c(Oc3ccc(NC(N)=O)cc3)ccnc2cc1OCc1ccccc1. The largest absolute Gasteiger partial charge is 0.487 e. The van der Waals surface area contributed by atoms with Gasteiger partial charge in [0.25, 0.3) is 0 Å². The summed E-state index contributed by atoms with van der Waals surface area (Å²) in [4.78, 5) is 15.3. The summed E-state index contributed by atoms with van der Waals surface area (Å²) in [7, 11) is 0. The van der Waals surface area contributed by atoms with Crippen molar-refractivity contribution < 1.29 is 14.3 Å². The zero-order valence-electron chi connectivity index (χ0n) is 16.4. The Hall–Kier alpha value is -4.57. The first-order valence-corrected chi connectivity index (χ1v) is 9.46. The zero-order valence-corrected chi connectivity index (χ0v) is 16.4. The maximum atomic E-state index is 10.9. The van der Waals surface area contributed by atoms with Crippen LogP contribution in [-0.4, -0.2) is 11.0 Å². The molecule has 1 heterocycles. The smallest absolute Gasteiger partial charge is 0.316 e. The highest BCUT2D eigenvalue weighted by Gasteiger charge is 2.12. The average Bonchev–Trinajstić information content (AvgIpc) is 2.79. The van der Waals surface area contributed by atoms with E-state index in [0.717, 1.165) is 5.56 Å². The van der Waals surface area contributed by atoms with Crippen molar-refractivity contribution in [2.75, 3.05) is 5.32 Å². The third-order valence-electron chi connectivity index (χ3n) is 4.51. The topological polar surface area (TPSA) is 110 Å². The van der Waals surface area contributed by atoms with E-state index in [4.69, 9.17) is 15.2 Å². The number of pyridine rings is 1. The number of carbonyl (C=O) groups is 1. The van der Waals surface area contributed by atoms with Crippen molar-refractivity contribution in [3.63, 3.8) is 0 Å². The van der Waals surface area contributed by atoms with E-state index in [1.807, 2.05) is 30.3 Å². The number of anilines is 1. The van der Waals surface area contributed by atoms with Gasteiger partial charge in [-0.2, -0.15) is 5.26 Å². The molecule has 0 bridgehead atoms. The molecular formula is C24H18N4O3. The van der Waals surface area contributed by atoms with E-state index < -0.39 is 6.03 Å². The molecule has 0 saturated heterocycles. The van der Waals surface area contributed by atoms with Crippen LogP contribution in [0.4, 0.5) is 10.5 Å². The average molecular weight is 410 g/mol. The fourth-order valence-electron chi connectivity index (χ4n) is 3.05. The third-order valence-corrected chi connectivity index (χ3v) is 4.51. The Morgan fingerprint density at radius 1 is 1.03 bits per heavy atom. The molecule has 0 aliphatic rings. The minimum atomic E-state index is -0.636. The van der Waals surface area contributed by atoms with Gasteiger partial charge in [-0.25, -0.2) is 4.79 Å². The second kappa shape index (κ2) is 8.84. The quantitative estimate of drug-likeness (QED) is 0.466. The molecule has 0 fully saturated rings. The first kappa shape index (κ1) is 19.7. The summed E-state index contributed by atoms with van der Waals surface area (Å²) in [6.45, 7) is 0.350. The molecule has 3 N–H and O–H groups in total. The van der Waals surface area contributed by atoms with E-state index in [1.54, 1.807) is 48.7 Å². The van der Waals surface area contributed by atoms with Crippen molar-refractivity contribution in [2.45, 2.75) is 6.61 Å². The van der Waals surface area contributed by atoms with Crippen molar-refractivity contribution in [3.8, 4) is 23.3 Å². The second-order valence-electron chi connectivity index (χ2n) is 6.68. The van der Waals surface area contributed by atoms with E-state index in [9.17, 15) is 10.1 Å². The number of amides is 2. The molecule has 1 aromatic heterocycles. The molecule has 7 heteroatoms. The summed E-state index contributed by atoms with van der Waals surface area (Å²) in [5.74, 6) is 1.57. The highest BCUT2D eigenvalue weighted by molar-refractivity contribution is 5.89. The standard InChI is InChI=1S/C24H18N4O3/c25-14-17-12-20-21(13-23(17)30-15-16-4-2-1-3-5-16)27-11-10-22(20)31-19-8-6-18(7-9-19)28-24(26)29/h1-13H,15H2,(H3,26,28,29). The molecule has 2 amide bonds. The molecule has 3 aromatic carbocycles. The predicted octanol–water partition coefficient (Wildman–Crippen LogP) is 4.97. The van der Waals surface area contributed by atoms with Gasteiger partial charge in [0.2, 0.25) is 0 Å². The highest BCUT2D eigenvalue weighted by atomic mass is 16.5. The molecule has 0 radical (unpaired) electrons. The lowest BCUT2D eigenvalue weighted by atomic mass is 10.1. The van der Waals surface area contributed by atoms with Gasteiger partial charge in [-0.05, 0) is 42.0 Å². The monoisotopic (exact) mass is 410 g/mol. The molecule has 31 heavy (non-hydrogen) atoms. The number of carbonyl (C=O) groups excluding carboxylic acids is 1. The fraction of sp³-hybridized carbons (Fsp3) is 0.0417. The van der Waals surface area contributed by atoms with E-state index >= 15 is 0 Å². The summed E-state index contributed by atoms with van der Waals surface area (Å²) in [5, 5.41) is 12.8. The number of hydrogen-bond donors (Lipinski definition) is 2. The summed E-state index contributed by atoms with van der Waals surface area (Å²) >= 11 is 0. The molecular weight excluding hydrogens is 392 g/mol. The number of ether oxygens (including phenoxy) is 2. The summed E-state index contributed by atoms with van der Waals surface area (Å²) < 4.78 is 11.9. The van der Waals surface area contributed by atoms with E-state index in [0.29, 0.717) is 46.0 Å². The molecule has 7 nitrogen and oxygen atoms in total. The van der Waals surface area contributed by atoms with Crippen molar-refractivity contribution in [2.24, 2.45) is 5.73 Å². The van der Waals surface area contributed by atoms with Gasteiger partial charge in [0.15, 0.2) is 0 Å². The minimum absolute atomic E-state index is 0.350.